The van der Waals surface area contributed by atoms with Gasteiger partial charge in [0.2, 0.25) is 0 Å². The van der Waals surface area contributed by atoms with Crippen LogP contribution in [0.4, 0.5) is 5.69 Å². The summed E-state index contributed by atoms with van der Waals surface area (Å²) in [6, 6.07) is 16.3. The molecule has 7 heteroatoms. The number of anilines is 1. The summed E-state index contributed by atoms with van der Waals surface area (Å²) in [6.45, 7) is 2.77. The van der Waals surface area contributed by atoms with E-state index < -0.39 is 5.97 Å². The summed E-state index contributed by atoms with van der Waals surface area (Å²) < 4.78 is 12.3. The number of carbonyl (C=O) groups is 1. The van der Waals surface area contributed by atoms with Gasteiger partial charge in [-0.15, -0.1) is 0 Å². The Labute approximate surface area is 188 Å². The Bertz CT molecular complexity index is 1070. The first-order valence-electron chi connectivity index (χ1n) is 9.19. The van der Waals surface area contributed by atoms with Gasteiger partial charge < -0.3 is 19.9 Å². The molecule has 156 valence electrons. The Balaban J connectivity index is 1.73. The van der Waals surface area contributed by atoms with Crippen LogP contribution in [0.25, 0.3) is 0 Å². The maximum absolute atomic E-state index is 11.1. The number of hydrogen-bond donors (Lipinski definition) is 2. The van der Waals surface area contributed by atoms with Crippen LogP contribution in [0.1, 0.15) is 27.0 Å². The molecule has 0 radical (unpaired) electrons. The van der Waals surface area contributed by atoms with Crippen LogP contribution >= 0.6 is 27.5 Å². The zero-order chi connectivity index (χ0) is 21.7. The highest BCUT2D eigenvalue weighted by Crippen LogP contribution is 2.34. The van der Waals surface area contributed by atoms with E-state index in [1.54, 1.807) is 25.3 Å². The molecule has 0 aliphatic heterocycles. The molecular weight excluding hydrogens is 470 g/mol. The van der Waals surface area contributed by atoms with Gasteiger partial charge in [0.1, 0.15) is 6.61 Å². The third kappa shape index (κ3) is 5.46. The number of ether oxygens (including phenoxy) is 2. The maximum atomic E-state index is 11.1. The van der Waals surface area contributed by atoms with Crippen molar-refractivity contribution in [2.45, 2.75) is 20.1 Å². The summed E-state index contributed by atoms with van der Waals surface area (Å²) in [4.78, 5) is 11.1. The van der Waals surface area contributed by atoms with Crippen molar-refractivity contribution in [3.8, 4) is 11.5 Å². The molecule has 2 N–H and O–H groups in total. The molecule has 0 heterocycles. The predicted octanol–water partition coefficient (Wildman–Crippen LogP) is 6.31. The van der Waals surface area contributed by atoms with Gasteiger partial charge in [-0.25, -0.2) is 4.79 Å². The van der Waals surface area contributed by atoms with Gasteiger partial charge in [0, 0.05) is 21.7 Å². The average molecular weight is 491 g/mol. The molecule has 30 heavy (non-hydrogen) atoms. The number of carboxylic acids is 1. The normalized spacial score (nSPS) is 10.5. The van der Waals surface area contributed by atoms with E-state index in [2.05, 4.69) is 21.2 Å². The van der Waals surface area contributed by atoms with Crippen LogP contribution in [0.5, 0.6) is 11.5 Å². The van der Waals surface area contributed by atoms with E-state index in [0.29, 0.717) is 29.7 Å². The van der Waals surface area contributed by atoms with E-state index in [1.165, 1.54) is 0 Å². The van der Waals surface area contributed by atoms with Crippen molar-refractivity contribution < 1.29 is 19.4 Å². The summed E-state index contributed by atoms with van der Waals surface area (Å²) in [5.74, 6) is 0.301. The lowest BCUT2D eigenvalue weighted by molar-refractivity contribution is 0.0697. The number of methoxy groups -OCH3 is 1. The van der Waals surface area contributed by atoms with Crippen LogP contribution in [-0.2, 0) is 13.2 Å². The van der Waals surface area contributed by atoms with Gasteiger partial charge in [0.15, 0.2) is 11.5 Å². The quantitative estimate of drug-likeness (QED) is 0.387. The SMILES string of the molecule is COc1cc(CNc2ccc(C(=O)O)cc2C)c(Br)cc1OCc1cccc(Cl)c1. The van der Waals surface area contributed by atoms with Gasteiger partial charge >= 0.3 is 5.97 Å². The van der Waals surface area contributed by atoms with Crippen molar-refractivity contribution in [3.63, 3.8) is 0 Å². The molecule has 0 atom stereocenters. The molecule has 3 rings (SSSR count). The molecule has 0 saturated heterocycles. The fourth-order valence-corrected chi connectivity index (χ4v) is 3.63. The third-order valence-electron chi connectivity index (χ3n) is 4.56. The summed E-state index contributed by atoms with van der Waals surface area (Å²) in [7, 11) is 1.60. The molecule has 0 amide bonds. The highest BCUT2D eigenvalue weighted by molar-refractivity contribution is 9.10. The number of halogens is 2. The Morgan fingerprint density at radius 3 is 2.60 bits per heavy atom. The summed E-state index contributed by atoms with van der Waals surface area (Å²) in [6.07, 6.45) is 0. The van der Waals surface area contributed by atoms with Gasteiger partial charge in [-0.3, -0.25) is 0 Å². The smallest absolute Gasteiger partial charge is 0.335 e. The average Bonchev–Trinajstić information content (AvgIpc) is 2.72. The number of rotatable bonds is 8. The molecule has 0 fully saturated rings. The maximum Gasteiger partial charge on any atom is 0.335 e. The molecule has 3 aromatic rings. The van der Waals surface area contributed by atoms with Crippen molar-refractivity contribution >= 4 is 39.2 Å². The van der Waals surface area contributed by atoms with Crippen molar-refractivity contribution in [1.82, 2.24) is 0 Å². The molecule has 0 unspecified atom stereocenters. The van der Waals surface area contributed by atoms with Crippen molar-refractivity contribution in [2.75, 3.05) is 12.4 Å². The monoisotopic (exact) mass is 489 g/mol. The lowest BCUT2D eigenvalue weighted by Gasteiger charge is -2.16. The zero-order valence-electron chi connectivity index (χ0n) is 16.5. The summed E-state index contributed by atoms with van der Waals surface area (Å²) in [5.41, 5.74) is 3.93. The van der Waals surface area contributed by atoms with Crippen molar-refractivity contribution in [3.05, 3.63) is 86.3 Å². The Hall–Kier alpha value is -2.70. The number of hydrogen-bond acceptors (Lipinski definition) is 4. The largest absolute Gasteiger partial charge is 0.493 e. The molecule has 0 spiro atoms. The second-order valence-electron chi connectivity index (χ2n) is 6.70. The number of nitrogens with one attached hydrogen (secondary N) is 1. The molecular formula is C23H21BrClNO4. The minimum absolute atomic E-state index is 0.266. The second-order valence-corrected chi connectivity index (χ2v) is 7.99. The first-order valence-corrected chi connectivity index (χ1v) is 10.4. The fourth-order valence-electron chi connectivity index (χ4n) is 2.96. The second kappa shape index (κ2) is 9.87. The molecule has 0 aliphatic carbocycles. The number of aryl methyl sites for hydroxylation is 1. The van der Waals surface area contributed by atoms with Gasteiger partial charge in [-0.2, -0.15) is 0 Å². The number of carboxylic acid groups (broad SMARTS) is 1. The van der Waals surface area contributed by atoms with E-state index in [1.807, 2.05) is 43.3 Å². The summed E-state index contributed by atoms with van der Waals surface area (Å²) >= 11 is 9.62. The first-order chi connectivity index (χ1) is 14.4. The van der Waals surface area contributed by atoms with Crippen LogP contribution in [0.15, 0.2) is 59.1 Å². The van der Waals surface area contributed by atoms with Gasteiger partial charge in [-0.05, 0) is 66.1 Å². The van der Waals surface area contributed by atoms with Gasteiger partial charge in [0.25, 0.3) is 0 Å². The molecule has 0 bridgehead atoms. The molecule has 0 aliphatic rings. The highest BCUT2D eigenvalue weighted by Gasteiger charge is 2.12. The standard InChI is InChI=1S/C23H21BrClNO4/c1-14-8-16(23(27)28)6-7-20(14)26-12-17-10-21(29-2)22(11-19(17)24)30-13-15-4-3-5-18(25)9-15/h3-11,26H,12-13H2,1-2H3,(H,27,28). The van der Waals surface area contributed by atoms with E-state index in [4.69, 9.17) is 26.2 Å². The molecule has 5 nitrogen and oxygen atoms in total. The van der Waals surface area contributed by atoms with Crippen LogP contribution in [0.3, 0.4) is 0 Å². The lowest BCUT2D eigenvalue weighted by Crippen LogP contribution is -2.05. The van der Waals surface area contributed by atoms with E-state index in [-0.39, 0.29) is 5.56 Å². The molecule has 0 saturated carbocycles. The zero-order valence-corrected chi connectivity index (χ0v) is 18.9. The van der Waals surface area contributed by atoms with Crippen LogP contribution < -0.4 is 14.8 Å². The first kappa shape index (κ1) is 22.0. The third-order valence-corrected chi connectivity index (χ3v) is 5.53. The minimum Gasteiger partial charge on any atom is -0.493 e. The highest BCUT2D eigenvalue weighted by atomic mass is 79.9. The van der Waals surface area contributed by atoms with E-state index in [0.717, 1.165) is 26.9 Å². The fraction of sp³-hybridized carbons (Fsp3) is 0.174. The summed E-state index contributed by atoms with van der Waals surface area (Å²) in [5, 5.41) is 13.1. The van der Waals surface area contributed by atoms with Crippen molar-refractivity contribution in [1.29, 1.82) is 0 Å². The number of aromatic carboxylic acids is 1. The topological polar surface area (TPSA) is 67.8 Å². The Morgan fingerprint density at radius 2 is 1.93 bits per heavy atom. The van der Waals surface area contributed by atoms with E-state index in [9.17, 15) is 4.79 Å². The van der Waals surface area contributed by atoms with Crippen LogP contribution in [0.2, 0.25) is 5.02 Å². The van der Waals surface area contributed by atoms with Crippen LogP contribution in [-0.4, -0.2) is 18.2 Å². The van der Waals surface area contributed by atoms with Crippen molar-refractivity contribution in [2.24, 2.45) is 0 Å². The predicted molar refractivity (Wildman–Crippen MR) is 122 cm³/mol. The Kier molecular flexibility index (Phi) is 7.24. The lowest BCUT2D eigenvalue weighted by atomic mass is 10.1. The minimum atomic E-state index is -0.939. The Morgan fingerprint density at radius 1 is 1.13 bits per heavy atom. The molecule has 3 aromatic carbocycles. The van der Waals surface area contributed by atoms with Gasteiger partial charge in [0.05, 0.1) is 12.7 Å². The number of benzene rings is 3. The molecule has 0 aromatic heterocycles. The van der Waals surface area contributed by atoms with Crippen LogP contribution in [0, 0.1) is 6.92 Å². The van der Waals surface area contributed by atoms with E-state index >= 15 is 0 Å². The van der Waals surface area contributed by atoms with Gasteiger partial charge in [-0.1, -0.05) is 39.7 Å².